The van der Waals surface area contributed by atoms with Gasteiger partial charge in [0.15, 0.2) is 34.5 Å². The minimum absolute atomic E-state index is 0.00920. The number of carbonyl (C=O) groups is 3. The largest absolute Gasteiger partial charge is 0.493 e. The van der Waals surface area contributed by atoms with E-state index in [1.165, 1.54) is 55.3 Å². The van der Waals surface area contributed by atoms with E-state index in [0.717, 1.165) is 0 Å². The van der Waals surface area contributed by atoms with Crippen LogP contribution in [-0.2, 0) is 27.3 Å². The summed E-state index contributed by atoms with van der Waals surface area (Å²) < 4.78 is 47.3. The van der Waals surface area contributed by atoms with E-state index in [1.54, 1.807) is 30.3 Å². The van der Waals surface area contributed by atoms with Crippen LogP contribution in [0.4, 0.5) is 0 Å². The molecule has 16 heteroatoms. The first kappa shape index (κ1) is 37.7. The average molecular weight is 745 g/mol. The molecule has 0 unspecified atom stereocenters. The third kappa shape index (κ3) is 6.44. The summed E-state index contributed by atoms with van der Waals surface area (Å²) in [4.78, 5) is 52.0. The number of nitrogens with zero attached hydrogens (tertiary/aromatic N) is 1. The normalized spacial score (nSPS) is 13.7. The maximum Gasteiger partial charge on any atom is 0.361 e. The Balaban J connectivity index is 1.76. The number of rotatable bonds is 11. The molecule has 0 radical (unpaired) electrons. The van der Waals surface area contributed by atoms with Crippen molar-refractivity contribution >= 4 is 39.8 Å². The number of methoxy groups -OCH3 is 4. The van der Waals surface area contributed by atoms with Crippen molar-refractivity contribution in [3.63, 3.8) is 0 Å². The highest BCUT2D eigenvalue weighted by molar-refractivity contribution is 6.17. The number of aryl methyl sites for hydroxylation is 1. The van der Waals surface area contributed by atoms with E-state index < -0.39 is 41.7 Å². The molecule has 0 aliphatic carbocycles. The first-order valence-electron chi connectivity index (χ1n) is 16.8. The molecule has 1 aliphatic rings. The number of carbonyl (C=O) groups excluding carboxylic acids is 3. The molecule has 16 nitrogen and oxygen atoms in total. The Morgan fingerprint density at radius 3 is 1.89 bits per heavy atom. The number of ether oxygens (including phenoxy) is 7. The van der Waals surface area contributed by atoms with Gasteiger partial charge in [-0.2, -0.15) is 0 Å². The number of aromatic nitrogens is 1. The Bertz CT molecular complexity index is 2390. The Kier molecular flexibility index (Phi) is 10.3. The fourth-order valence-corrected chi connectivity index (χ4v) is 6.38. The lowest BCUT2D eigenvalue weighted by Crippen LogP contribution is -2.31. The summed E-state index contributed by atoms with van der Waals surface area (Å²) in [5.74, 6) is -1.10. The predicted octanol–water partition coefficient (Wildman–Crippen LogP) is 3.43. The fraction of sp³-hybridized carbons (Fsp3) is 0.316. The van der Waals surface area contributed by atoms with Crippen molar-refractivity contribution in [1.82, 2.24) is 4.57 Å². The maximum atomic E-state index is 14.1. The first-order chi connectivity index (χ1) is 25.7. The van der Waals surface area contributed by atoms with Gasteiger partial charge in [0.2, 0.25) is 5.75 Å². The lowest BCUT2D eigenvalue weighted by atomic mass is 9.91. The van der Waals surface area contributed by atoms with E-state index in [9.17, 15) is 19.2 Å². The van der Waals surface area contributed by atoms with Crippen molar-refractivity contribution in [2.75, 3.05) is 28.4 Å². The fourth-order valence-electron chi connectivity index (χ4n) is 6.38. The van der Waals surface area contributed by atoms with Crippen LogP contribution in [0.1, 0.15) is 26.3 Å². The van der Waals surface area contributed by atoms with Gasteiger partial charge in [0.1, 0.15) is 29.2 Å². The number of benzene rings is 3. The van der Waals surface area contributed by atoms with Crippen molar-refractivity contribution in [3.8, 4) is 62.6 Å². The van der Waals surface area contributed by atoms with E-state index in [2.05, 4.69) is 0 Å². The van der Waals surface area contributed by atoms with Gasteiger partial charge in [0.25, 0.3) is 0 Å². The summed E-state index contributed by atoms with van der Waals surface area (Å²) in [6.45, 7) is 4.70. The average Bonchev–Trinajstić information content (AvgIpc) is 3.50. The second-order valence-corrected chi connectivity index (χ2v) is 12.7. The van der Waals surface area contributed by atoms with E-state index in [4.69, 9.17) is 54.8 Å². The molecule has 3 atom stereocenters. The molecule has 6 N–H and O–H groups in total. The molecule has 3 heterocycles. The summed E-state index contributed by atoms with van der Waals surface area (Å²) in [5, 5.41) is 0.870. The summed E-state index contributed by atoms with van der Waals surface area (Å²) >= 11 is 0. The second kappa shape index (κ2) is 14.7. The lowest BCUT2D eigenvalue weighted by molar-refractivity contribution is -0.136. The van der Waals surface area contributed by atoms with Crippen LogP contribution in [0.5, 0.6) is 40.2 Å². The Labute approximate surface area is 308 Å². The van der Waals surface area contributed by atoms with Gasteiger partial charge >= 0.3 is 23.5 Å². The molecule has 1 aliphatic heterocycles. The minimum atomic E-state index is -0.951. The highest BCUT2D eigenvalue weighted by Crippen LogP contribution is 2.53. The van der Waals surface area contributed by atoms with Gasteiger partial charge in [-0.3, -0.25) is 0 Å². The maximum absolute atomic E-state index is 14.1. The summed E-state index contributed by atoms with van der Waals surface area (Å²) in [6, 6.07) is 6.84. The molecule has 0 spiro atoms. The van der Waals surface area contributed by atoms with Crippen LogP contribution in [0.3, 0.4) is 0 Å². The summed E-state index contributed by atoms with van der Waals surface area (Å²) in [6.07, 6.45) is 0.288. The monoisotopic (exact) mass is 744 g/mol. The van der Waals surface area contributed by atoms with Gasteiger partial charge in [-0.1, -0.05) is 6.07 Å². The first-order valence-corrected chi connectivity index (χ1v) is 16.8. The van der Waals surface area contributed by atoms with Crippen molar-refractivity contribution in [2.45, 2.75) is 51.9 Å². The number of fused-ring (bicyclic) bond motifs is 7. The number of hydrogen-bond acceptors (Lipinski definition) is 15. The quantitative estimate of drug-likeness (QED) is 0.1000. The Morgan fingerprint density at radius 1 is 0.704 bits per heavy atom. The van der Waals surface area contributed by atoms with Gasteiger partial charge in [-0.05, 0) is 57.0 Å². The molecule has 54 heavy (non-hydrogen) atoms. The second-order valence-electron chi connectivity index (χ2n) is 12.7. The molecular formula is C38H40N4O12. The molecule has 0 amide bonds. The number of hydrogen-bond donors (Lipinski definition) is 3. The van der Waals surface area contributed by atoms with Gasteiger partial charge < -0.3 is 59.3 Å². The van der Waals surface area contributed by atoms with Gasteiger partial charge in [0, 0.05) is 40.1 Å². The number of nitrogens with two attached hydrogens (primary N) is 3. The third-order valence-corrected chi connectivity index (χ3v) is 8.96. The van der Waals surface area contributed by atoms with Crippen LogP contribution >= 0.6 is 0 Å². The van der Waals surface area contributed by atoms with Crippen molar-refractivity contribution < 1.29 is 52.0 Å². The smallest absolute Gasteiger partial charge is 0.361 e. The van der Waals surface area contributed by atoms with Crippen LogP contribution in [0.2, 0.25) is 0 Å². The molecule has 0 fully saturated rings. The van der Waals surface area contributed by atoms with Crippen molar-refractivity contribution in [2.24, 2.45) is 17.2 Å². The molecule has 3 aromatic carbocycles. The SMILES string of the molecule is COc1cc(-c2c3n(c4c(=O)oc5cc(OC(=O)[C@H](C)N)c(OC)cc5c24)CCc2c-3cc(OC)c(OC)c2OC(=O)[C@H](C)N)ccc1OC(=O)[C@H](C)N. The third-order valence-electron chi connectivity index (χ3n) is 8.96. The van der Waals surface area contributed by atoms with Crippen LogP contribution in [-0.4, -0.2) is 69.0 Å². The molecule has 5 aromatic rings. The highest BCUT2D eigenvalue weighted by atomic mass is 16.6. The van der Waals surface area contributed by atoms with E-state index in [1.807, 2.05) is 4.57 Å². The zero-order valence-corrected chi connectivity index (χ0v) is 30.7. The van der Waals surface area contributed by atoms with E-state index in [-0.39, 0.29) is 64.3 Å². The Morgan fingerprint density at radius 2 is 1.30 bits per heavy atom. The van der Waals surface area contributed by atoms with Crippen LogP contribution in [0.15, 0.2) is 45.6 Å². The number of esters is 3. The molecule has 284 valence electrons. The van der Waals surface area contributed by atoms with Gasteiger partial charge in [-0.15, -0.1) is 0 Å². The molecule has 6 rings (SSSR count). The van der Waals surface area contributed by atoms with Crippen LogP contribution < -0.4 is 56.0 Å². The van der Waals surface area contributed by atoms with Crippen molar-refractivity contribution in [3.05, 3.63) is 52.4 Å². The standard InChI is InChI=1S/C38H40N4O12/c1-16(39)35(43)51-23-9-8-19(12-25(23)47-4)29-30-22-14-26(48-5)27(53-36(44)17(2)40)15-24(22)52-38(46)32(30)42-11-10-20-21(31(29)42)13-28(49-6)34(50-7)33(20)54-37(45)18(3)41/h8-9,12-18H,10-11,39-41H2,1-7H3/t16-,17-,18-/m0/s1. The zero-order chi connectivity index (χ0) is 39.2. The summed E-state index contributed by atoms with van der Waals surface area (Å²) in [5.41, 5.74) is 19.7. The van der Waals surface area contributed by atoms with Gasteiger partial charge in [0.05, 0.1) is 34.1 Å². The molecule has 0 saturated heterocycles. The lowest BCUT2D eigenvalue weighted by Gasteiger charge is -2.26. The topological polar surface area (TPSA) is 229 Å². The molecule has 0 saturated carbocycles. The van der Waals surface area contributed by atoms with Gasteiger partial charge in [-0.25, -0.2) is 19.2 Å². The van der Waals surface area contributed by atoms with Crippen molar-refractivity contribution in [1.29, 1.82) is 0 Å². The van der Waals surface area contributed by atoms with E-state index >= 15 is 0 Å². The Hall–Kier alpha value is -6.10. The van der Waals surface area contributed by atoms with Crippen LogP contribution in [0.25, 0.3) is 44.3 Å². The zero-order valence-electron chi connectivity index (χ0n) is 30.7. The summed E-state index contributed by atoms with van der Waals surface area (Å²) in [7, 11) is 5.69. The molecule has 0 bridgehead atoms. The van der Waals surface area contributed by atoms with E-state index in [0.29, 0.717) is 38.7 Å². The predicted molar refractivity (Wildman–Crippen MR) is 197 cm³/mol. The highest BCUT2D eigenvalue weighted by Gasteiger charge is 2.34. The minimum Gasteiger partial charge on any atom is -0.493 e. The van der Waals surface area contributed by atoms with Crippen LogP contribution in [0, 0.1) is 0 Å². The molecule has 2 aromatic heterocycles. The molecular weight excluding hydrogens is 704 g/mol.